The molecular weight excluding hydrogens is 280 g/mol. The molecule has 0 radical (unpaired) electrons. The van der Waals surface area contributed by atoms with Crippen molar-refractivity contribution in [2.24, 2.45) is 5.92 Å². The number of piperidine rings is 1. The van der Waals surface area contributed by atoms with Crippen molar-refractivity contribution in [3.8, 4) is 5.88 Å². The molecule has 0 saturated carbocycles. The standard InChI is InChI=1S/C17H20N2O3/c1-21-16-12-15(22-18-16)17(20)19-9-7-14(8-10-19)11-13-5-3-2-4-6-13/h2-6,12,14H,7-11H2,1H3. The fourth-order valence-corrected chi connectivity index (χ4v) is 2.90. The number of carbonyl (C=O) groups is 1. The largest absolute Gasteiger partial charge is 0.479 e. The Kier molecular flexibility index (Phi) is 4.42. The van der Waals surface area contributed by atoms with Gasteiger partial charge in [-0.3, -0.25) is 4.79 Å². The van der Waals surface area contributed by atoms with Crippen LogP contribution >= 0.6 is 0 Å². The van der Waals surface area contributed by atoms with Gasteiger partial charge in [0.1, 0.15) is 0 Å². The summed E-state index contributed by atoms with van der Waals surface area (Å²) < 4.78 is 9.97. The first-order chi connectivity index (χ1) is 10.8. The number of rotatable bonds is 4. The van der Waals surface area contributed by atoms with Crippen LogP contribution in [0.1, 0.15) is 29.0 Å². The molecule has 1 amide bonds. The molecule has 0 unspecified atom stereocenters. The molecule has 0 aliphatic carbocycles. The van der Waals surface area contributed by atoms with Crippen molar-refractivity contribution < 1.29 is 14.1 Å². The molecule has 0 N–H and O–H groups in total. The summed E-state index contributed by atoms with van der Waals surface area (Å²) in [5.74, 6) is 1.12. The number of benzene rings is 1. The Morgan fingerprint density at radius 3 is 2.68 bits per heavy atom. The van der Waals surface area contributed by atoms with E-state index >= 15 is 0 Å². The average Bonchev–Trinajstić information content (AvgIpc) is 3.05. The Hall–Kier alpha value is -2.30. The van der Waals surface area contributed by atoms with Crippen LogP contribution in [0.15, 0.2) is 40.9 Å². The van der Waals surface area contributed by atoms with Crippen LogP contribution in [-0.4, -0.2) is 36.2 Å². The lowest BCUT2D eigenvalue weighted by atomic mass is 9.90. The van der Waals surface area contributed by atoms with Gasteiger partial charge in [0.25, 0.3) is 11.8 Å². The van der Waals surface area contributed by atoms with Crippen molar-refractivity contribution in [2.45, 2.75) is 19.3 Å². The molecule has 1 aromatic carbocycles. The lowest BCUT2D eigenvalue weighted by Crippen LogP contribution is -2.38. The molecule has 5 nitrogen and oxygen atoms in total. The van der Waals surface area contributed by atoms with E-state index in [4.69, 9.17) is 9.26 Å². The van der Waals surface area contributed by atoms with E-state index < -0.39 is 0 Å². The fraction of sp³-hybridized carbons (Fsp3) is 0.412. The van der Waals surface area contributed by atoms with E-state index in [0.29, 0.717) is 11.8 Å². The predicted octanol–water partition coefficient (Wildman–Crippen LogP) is 2.78. The van der Waals surface area contributed by atoms with E-state index in [-0.39, 0.29) is 11.7 Å². The van der Waals surface area contributed by atoms with Crippen molar-refractivity contribution >= 4 is 5.91 Å². The molecule has 1 fully saturated rings. The normalized spacial score (nSPS) is 15.8. The van der Waals surface area contributed by atoms with Crippen molar-refractivity contribution in [3.05, 3.63) is 47.7 Å². The second-order valence-corrected chi connectivity index (χ2v) is 5.66. The van der Waals surface area contributed by atoms with E-state index in [0.717, 1.165) is 32.4 Å². The summed E-state index contributed by atoms with van der Waals surface area (Å²) >= 11 is 0. The fourth-order valence-electron chi connectivity index (χ4n) is 2.90. The first-order valence-corrected chi connectivity index (χ1v) is 7.60. The summed E-state index contributed by atoms with van der Waals surface area (Å²) in [7, 11) is 1.50. The summed E-state index contributed by atoms with van der Waals surface area (Å²) in [4.78, 5) is 14.2. The smallest absolute Gasteiger partial charge is 0.292 e. The molecule has 116 valence electrons. The van der Waals surface area contributed by atoms with Gasteiger partial charge in [-0.2, -0.15) is 0 Å². The molecule has 0 atom stereocenters. The SMILES string of the molecule is COc1cc(C(=O)N2CCC(Cc3ccccc3)CC2)on1. The van der Waals surface area contributed by atoms with Crippen LogP contribution in [0, 0.1) is 5.92 Å². The maximum Gasteiger partial charge on any atom is 0.292 e. The number of nitrogens with zero attached hydrogens (tertiary/aromatic N) is 2. The van der Waals surface area contributed by atoms with E-state index in [1.807, 2.05) is 11.0 Å². The lowest BCUT2D eigenvalue weighted by Gasteiger charge is -2.31. The van der Waals surface area contributed by atoms with E-state index in [2.05, 4.69) is 29.4 Å². The Bertz CT molecular complexity index is 616. The Morgan fingerprint density at radius 1 is 1.32 bits per heavy atom. The third-order valence-electron chi connectivity index (χ3n) is 4.18. The van der Waals surface area contributed by atoms with Gasteiger partial charge in [0, 0.05) is 13.1 Å². The van der Waals surface area contributed by atoms with Gasteiger partial charge in [-0.25, -0.2) is 0 Å². The molecule has 1 aliphatic rings. The van der Waals surface area contributed by atoms with E-state index in [1.54, 1.807) is 6.07 Å². The van der Waals surface area contributed by atoms with Crippen molar-refractivity contribution in [3.63, 3.8) is 0 Å². The molecule has 3 rings (SSSR count). The Labute approximate surface area is 129 Å². The molecule has 1 saturated heterocycles. The van der Waals surface area contributed by atoms with Crippen LogP contribution in [-0.2, 0) is 6.42 Å². The van der Waals surface area contributed by atoms with Gasteiger partial charge in [-0.05, 0) is 35.9 Å². The number of likely N-dealkylation sites (tertiary alicyclic amines) is 1. The van der Waals surface area contributed by atoms with Crippen LogP contribution in [0.2, 0.25) is 0 Å². The van der Waals surface area contributed by atoms with Crippen LogP contribution in [0.4, 0.5) is 0 Å². The molecule has 0 spiro atoms. The highest BCUT2D eigenvalue weighted by molar-refractivity contribution is 5.91. The lowest BCUT2D eigenvalue weighted by molar-refractivity contribution is 0.0648. The summed E-state index contributed by atoms with van der Waals surface area (Å²) in [5.41, 5.74) is 1.37. The predicted molar refractivity (Wildman–Crippen MR) is 81.8 cm³/mol. The first-order valence-electron chi connectivity index (χ1n) is 7.60. The van der Waals surface area contributed by atoms with Crippen molar-refractivity contribution in [1.82, 2.24) is 10.1 Å². The third kappa shape index (κ3) is 3.30. The highest BCUT2D eigenvalue weighted by Gasteiger charge is 2.26. The number of aromatic nitrogens is 1. The number of ether oxygens (including phenoxy) is 1. The van der Waals surface area contributed by atoms with E-state index in [1.165, 1.54) is 12.7 Å². The number of methoxy groups -OCH3 is 1. The van der Waals surface area contributed by atoms with Gasteiger partial charge in [0.15, 0.2) is 0 Å². The Morgan fingerprint density at radius 2 is 2.05 bits per heavy atom. The molecule has 5 heteroatoms. The quantitative estimate of drug-likeness (QED) is 0.871. The van der Waals surface area contributed by atoms with E-state index in [9.17, 15) is 4.79 Å². The van der Waals surface area contributed by atoms with Crippen LogP contribution in [0.5, 0.6) is 5.88 Å². The zero-order valence-corrected chi connectivity index (χ0v) is 12.7. The monoisotopic (exact) mass is 300 g/mol. The minimum absolute atomic E-state index is 0.103. The van der Waals surface area contributed by atoms with Crippen molar-refractivity contribution in [2.75, 3.05) is 20.2 Å². The topological polar surface area (TPSA) is 55.6 Å². The average molecular weight is 300 g/mol. The maximum atomic E-state index is 12.3. The first kappa shape index (κ1) is 14.6. The van der Waals surface area contributed by atoms with Gasteiger partial charge in [0.2, 0.25) is 5.76 Å². The highest BCUT2D eigenvalue weighted by Crippen LogP contribution is 2.23. The molecule has 0 bridgehead atoms. The number of hydrogen-bond acceptors (Lipinski definition) is 4. The maximum absolute atomic E-state index is 12.3. The second-order valence-electron chi connectivity index (χ2n) is 5.66. The molecular formula is C17H20N2O3. The zero-order chi connectivity index (χ0) is 15.4. The number of hydrogen-bond donors (Lipinski definition) is 0. The van der Waals surface area contributed by atoms with Gasteiger partial charge < -0.3 is 14.2 Å². The van der Waals surface area contributed by atoms with Crippen LogP contribution in [0.25, 0.3) is 0 Å². The van der Waals surface area contributed by atoms with Crippen LogP contribution in [0.3, 0.4) is 0 Å². The van der Waals surface area contributed by atoms with Gasteiger partial charge >= 0.3 is 0 Å². The molecule has 2 heterocycles. The van der Waals surface area contributed by atoms with Gasteiger partial charge in [-0.1, -0.05) is 30.3 Å². The van der Waals surface area contributed by atoms with Gasteiger partial charge in [-0.15, -0.1) is 0 Å². The third-order valence-corrected chi connectivity index (χ3v) is 4.18. The Balaban J connectivity index is 1.54. The molecule has 2 aromatic rings. The number of amides is 1. The highest BCUT2D eigenvalue weighted by atomic mass is 16.5. The molecule has 1 aliphatic heterocycles. The minimum Gasteiger partial charge on any atom is -0.479 e. The summed E-state index contributed by atoms with van der Waals surface area (Å²) in [5, 5.41) is 3.68. The number of carbonyl (C=O) groups excluding carboxylic acids is 1. The summed E-state index contributed by atoms with van der Waals surface area (Å²) in [6, 6.07) is 12.1. The minimum atomic E-state index is -0.103. The van der Waals surface area contributed by atoms with Crippen LogP contribution < -0.4 is 4.74 Å². The zero-order valence-electron chi connectivity index (χ0n) is 12.7. The summed E-state index contributed by atoms with van der Waals surface area (Å²) in [6.45, 7) is 1.53. The molecule has 22 heavy (non-hydrogen) atoms. The second kappa shape index (κ2) is 6.64. The summed E-state index contributed by atoms with van der Waals surface area (Å²) in [6.07, 6.45) is 3.12. The van der Waals surface area contributed by atoms with Gasteiger partial charge in [0.05, 0.1) is 13.2 Å². The van der Waals surface area contributed by atoms with Crippen molar-refractivity contribution in [1.29, 1.82) is 0 Å². The molecule has 1 aromatic heterocycles.